The monoisotopic (exact) mass is 603 g/mol. The van der Waals surface area contributed by atoms with Crippen molar-refractivity contribution in [1.82, 2.24) is 14.8 Å². The molecule has 0 unspecified atom stereocenters. The van der Waals surface area contributed by atoms with Gasteiger partial charge in [-0.05, 0) is 58.8 Å². The lowest BCUT2D eigenvalue weighted by Gasteiger charge is -2.22. The van der Waals surface area contributed by atoms with Crippen LogP contribution in [-0.4, -0.2) is 36.4 Å². The van der Waals surface area contributed by atoms with Crippen molar-refractivity contribution in [1.29, 1.82) is 0 Å². The number of carbonyl (C=O) groups excluding carboxylic acids is 1. The fraction of sp³-hybridized carbons (Fsp3) is 0.0882. The number of amides is 1. The zero-order chi connectivity index (χ0) is 30.8. The summed E-state index contributed by atoms with van der Waals surface area (Å²) in [5.74, 6) is -0.709. The van der Waals surface area contributed by atoms with Crippen LogP contribution in [0.5, 0.6) is 0 Å². The highest BCUT2D eigenvalue weighted by Gasteiger charge is 2.33. The van der Waals surface area contributed by atoms with Crippen molar-refractivity contribution in [3.05, 3.63) is 137 Å². The molecule has 10 heteroatoms. The second-order valence-corrected chi connectivity index (χ2v) is 12.1. The molecule has 44 heavy (non-hydrogen) atoms. The molecule has 9 nitrogen and oxygen atoms in total. The van der Waals surface area contributed by atoms with Crippen LogP contribution in [0.25, 0.3) is 27.2 Å². The SMILES string of the molecule is Cc1c(N(CC(=O)N/N=C\c2c3ccccc3cc3ccccc23)S(=O)(=O)c2ccccc2)c(=O)n(-c2ccccc2)n1C. The number of anilines is 1. The number of hydrazone groups is 1. The molecule has 0 saturated carbocycles. The molecule has 0 radical (unpaired) electrons. The summed E-state index contributed by atoms with van der Waals surface area (Å²) in [6.07, 6.45) is 1.56. The van der Waals surface area contributed by atoms with Gasteiger partial charge in [-0.25, -0.2) is 22.8 Å². The van der Waals surface area contributed by atoms with Crippen LogP contribution in [0, 0.1) is 6.92 Å². The molecule has 1 heterocycles. The molecule has 6 aromatic rings. The van der Waals surface area contributed by atoms with Crippen LogP contribution >= 0.6 is 0 Å². The number of rotatable bonds is 8. The van der Waals surface area contributed by atoms with Crippen molar-refractivity contribution in [2.75, 3.05) is 10.8 Å². The fourth-order valence-corrected chi connectivity index (χ4v) is 6.86. The van der Waals surface area contributed by atoms with E-state index in [2.05, 4.69) is 16.6 Å². The molecule has 0 aliphatic rings. The Hall–Kier alpha value is -5.48. The van der Waals surface area contributed by atoms with Crippen LogP contribution in [0.4, 0.5) is 5.69 Å². The quantitative estimate of drug-likeness (QED) is 0.148. The Morgan fingerprint density at radius 3 is 2.00 bits per heavy atom. The summed E-state index contributed by atoms with van der Waals surface area (Å²) in [6, 6.07) is 34.5. The van der Waals surface area contributed by atoms with Crippen molar-refractivity contribution in [2.24, 2.45) is 12.1 Å². The van der Waals surface area contributed by atoms with E-state index < -0.39 is 28.0 Å². The maximum absolute atomic E-state index is 14.0. The van der Waals surface area contributed by atoms with Gasteiger partial charge in [-0.15, -0.1) is 0 Å². The third kappa shape index (κ3) is 5.16. The molecule has 0 spiro atoms. The number of sulfonamides is 1. The molecule has 0 aliphatic heterocycles. The average Bonchev–Trinajstić information content (AvgIpc) is 3.26. The molecule has 0 aliphatic carbocycles. The molecule has 5 aromatic carbocycles. The number of carbonyl (C=O) groups is 1. The first-order valence-electron chi connectivity index (χ1n) is 13.9. The van der Waals surface area contributed by atoms with Crippen LogP contribution in [0.1, 0.15) is 11.3 Å². The van der Waals surface area contributed by atoms with Crippen LogP contribution in [0.3, 0.4) is 0 Å². The molecule has 0 atom stereocenters. The molecule has 0 fully saturated rings. The summed E-state index contributed by atoms with van der Waals surface area (Å²) < 4.78 is 31.7. The Morgan fingerprint density at radius 2 is 1.39 bits per heavy atom. The Kier molecular flexibility index (Phi) is 7.59. The number of hydrogen-bond acceptors (Lipinski definition) is 5. The predicted octanol–water partition coefficient (Wildman–Crippen LogP) is 5.14. The summed E-state index contributed by atoms with van der Waals surface area (Å²) in [7, 11) is -2.65. The van der Waals surface area contributed by atoms with Gasteiger partial charge in [0.15, 0.2) is 0 Å². The van der Waals surface area contributed by atoms with E-state index in [1.807, 2.05) is 54.6 Å². The number of para-hydroxylation sites is 1. The zero-order valence-corrected chi connectivity index (χ0v) is 24.9. The van der Waals surface area contributed by atoms with Crippen molar-refractivity contribution in [2.45, 2.75) is 11.8 Å². The van der Waals surface area contributed by atoms with Crippen molar-refractivity contribution in [3.8, 4) is 5.69 Å². The molecule has 0 bridgehead atoms. The maximum atomic E-state index is 14.0. The molecular weight excluding hydrogens is 574 g/mol. The number of fused-ring (bicyclic) bond motifs is 2. The third-order valence-electron chi connectivity index (χ3n) is 7.59. The molecule has 6 rings (SSSR count). The van der Waals surface area contributed by atoms with Crippen molar-refractivity contribution < 1.29 is 13.2 Å². The van der Waals surface area contributed by atoms with Gasteiger partial charge >= 0.3 is 0 Å². The van der Waals surface area contributed by atoms with E-state index in [1.165, 1.54) is 16.8 Å². The maximum Gasteiger partial charge on any atom is 0.296 e. The summed E-state index contributed by atoms with van der Waals surface area (Å²) in [5.41, 5.74) is 3.53. The topological polar surface area (TPSA) is 106 Å². The van der Waals surface area contributed by atoms with Gasteiger partial charge in [0.2, 0.25) is 0 Å². The summed E-state index contributed by atoms with van der Waals surface area (Å²) in [4.78, 5) is 27.1. The fourth-order valence-electron chi connectivity index (χ4n) is 5.37. The van der Waals surface area contributed by atoms with E-state index in [4.69, 9.17) is 0 Å². The number of nitrogens with one attached hydrogen (secondary N) is 1. The van der Waals surface area contributed by atoms with Crippen LogP contribution in [0.2, 0.25) is 0 Å². The van der Waals surface area contributed by atoms with Gasteiger partial charge in [0, 0.05) is 12.6 Å². The van der Waals surface area contributed by atoms with Gasteiger partial charge in [0.05, 0.1) is 22.5 Å². The number of hydrogen-bond donors (Lipinski definition) is 1. The summed E-state index contributed by atoms with van der Waals surface area (Å²) >= 11 is 0. The highest BCUT2D eigenvalue weighted by molar-refractivity contribution is 7.92. The third-order valence-corrected chi connectivity index (χ3v) is 9.35. The second-order valence-electron chi connectivity index (χ2n) is 10.3. The van der Waals surface area contributed by atoms with Gasteiger partial charge in [0.1, 0.15) is 12.2 Å². The highest BCUT2D eigenvalue weighted by Crippen LogP contribution is 2.28. The Bertz CT molecular complexity index is 2150. The molecule has 1 N–H and O–H groups in total. The van der Waals surface area contributed by atoms with Crippen LogP contribution < -0.4 is 15.3 Å². The smallest absolute Gasteiger partial charge is 0.283 e. The minimum absolute atomic E-state index is 0.0487. The van der Waals surface area contributed by atoms with Crippen molar-refractivity contribution >= 4 is 49.4 Å². The lowest BCUT2D eigenvalue weighted by Crippen LogP contribution is -2.42. The van der Waals surface area contributed by atoms with E-state index in [0.29, 0.717) is 11.4 Å². The Balaban J connectivity index is 1.38. The largest absolute Gasteiger partial charge is 0.296 e. The summed E-state index contributed by atoms with van der Waals surface area (Å²) in [5, 5.41) is 8.18. The van der Waals surface area contributed by atoms with Crippen LogP contribution in [-0.2, 0) is 21.9 Å². The molecule has 1 amide bonds. The highest BCUT2D eigenvalue weighted by atomic mass is 32.2. The zero-order valence-electron chi connectivity index (χ0n) is 24.1. The molecule has 220 valence electrons. The first kappa shape index (κ1) is 28.6. The number of aromatic nitrogens is 2. The average molecular weight is 604 g/mol. The van der Waals surface area contributed by atoms with Crippen molar-refractivity contribution in [3.63, 3.8) is 0 Å². The molecule has 0 saturated heterocycles. The van der Waals surface area contributed by atoms with Gasteiger partial charge in [-0.1, -0.05) is 84.9 Å². The lowest BCUT2D eigenvalue weighted by molar-refractivity contribution is -0.119. The lowest BCUT2D eigenvalue weighted by atomic mass is 9.97. The van der Waals surface area contributed by atoms with E-state index in [-0.39, 0.29) is 10.6 Å². The first-order valence-corrected chi connectivity index (χ1v) is 15.4. The number of nitrogens with zero attached hydrogens (tertiary/aromatic N) is 4. The van der Waals surface area contributed by atoms with Gasteiger partial charge in [0.25, 0.3) is 21.5 Å². The van der Waals surface area contributed by atoms with Gasteiger partial charge in [-0.3, -0.25) is 14.3 Å². The minimum Gasteiger partial charge on any atom is -0.283 e. The standard InChI is InChI=1S/C34H29N5O4S/c1-24-33(34(41)39(37(24)2)27-15-5-3-6-16-27)38(44(42,43)28-17-7-4-8-18-28)23-32(40)36-35-22-31-29-19-11-9-13-25(29)21-26-14-10-12-20-30(26)31/h3-22H,23H2,1-2H3,(H,36,40)/b35-22-. The number of benzene rings is 5. The van der Waals surface area contributed by atoms with Gasteiger partial charge in [-0.2, -0.15) is 5.10 Å². The van der Waals surface area contributed by atoms with E-state index in [1.54, 1.807) is 67.3 Å². The summed E-state index contributed by atoms with van der Waals surface area (Å²) in [6.45, 7) is 0.977. The van der Waals surface area contributed by atoms with E-state index in [0.717, 1.165) is 31.4 Å². The van der Waals surface area contributed by atoms with E-state index in [9.17, 15) is 18.0 Å². The van der Waals surface area contributed by atoms with Crippen LogP contribution in [0.15, 0.2) is 130 Å². The molecule has 1 aromatic heterocycles. The van der Waals surface area contributed by atoms with E-state index >= 15 is 0 Å². The first-order chi connectivity index (χ1) is 21.3. The Morgan fingerprint density at radius 1 is 0.841 bits per heavy atom. The second kappa shape index (κ2) is 11.7. The normalized spacial score (nSPS) is 11.8. The Labute approximate surface area is 254 Å². The predicted molar refractivity (Wildman–Crippen MR) is 174 cm³/mol. The minimum atomic E-state index is -4.32. The van der Waals surface area contributed by atoms with Gasteiger partial charge < -0.3 is 0 Å². The molecular formula is C34H29N5O4S.